The van der Waals surface area contributed by atoms with Gasteiger partial charge in [-0.25, -0.2) is 15.2 Å². The molecule has 2 rings (SSSR count). The van der Waals surface area contributed by atoms with E-state index in [0.29, 0.717) is 10.0 Å². The van der Waals surface area contributed by atoms with Gasteiger partial charge >= 0.3 is 6.03 Å². The Hall–Kier alpha value is -1.34. The summed E-state index contributed by atoms with van der Waals surface area (Å²) in [6.07, 6.45) is 5.10. The van der Waals surface area contributed by atoms with E-state index in [9.17, 15) is 4.79 Å². The lowest BCUT2D eigenvalue weighted by molar-refractivity contribution is 0.249. The number of nitrogens with one attached hydrogen (secondary N) is 1. The zero-order chi connectivity index (χ0) is 13.0. The van der Waals surface area contributed by atoms with Crippen molar-refractivity contribution in [2.45, 2.75) is 19.3 Å². The molecule has 0 atom stereocenters. The van der Waals surface area contributed by atoms with Crippen molar-refractivity contribution in [1.82, 2.24) is 10.4 Å². The van der Waals surface area contributed by atoms with Crippen LogP contribution in [0.4, 0.5) is 9.93 Å². The quantitative estimate of drug-likeness (QED) is 0.657. The van der Waals surface area contributed by atoms with Crippen molar-refractivity contribution >= 4 is 40.3 Å². The molecule has 6 nitrogen and oxygen atoms in total. The predicted molar refractivity (Wildman–Crippen MR) is 73.5 cm³/mol. The van der Waals surface area contributed by atoms with Gasteiger partial charge in [0.15, 0.2) is 10.3 Å². The summed E-state index contributed by atoms with van der Waals surface area (Å²) >= 11 is 7.48. The molecule has 1 saturated heterocycles. The van der Waals surface area contributed by atoms with Crippen LogP contribution in [0.15, 0.2) is 5.10 Å². The third kappa shape index (κ3) is 3.33. The number of nitrogens with zero attached hydrogens (tertiary/aromatic N) is 3. The maximum Gasteiger partial charge on any atom is 0.332 e. The molecule has 2 heterocycles. The van der Waals surface area contributed by atoms with Crippen molar-refractivity contribution in [2.75, 3.05) is 18.0 Å². The van der Waals surface area contributed by atoms with E-state index < -0.39 is 6.03 Å². The molecule has 0 aliphatic carbocycles. The minimum absolute atomic E-state index is 0.399. The van der Waals surface area contributed by atoms with Crippen molar-refractivity contribution in [2.24, 2.45) is 10.8 Å². The number of piperidine rings is 1. The van der Waals surface area contributed by atoms with Crippen molar-refractivity contribution in [3.63, 3.8) is 0 Å². The number of rotatable bonds is 3. The summed E-state index contributed by atoms with van der Waals surface area (Å²) in [5, 5.41) is 4.98. The van der Waals surface area contributed by atoms with E-state index >= 15 is 0 Å². The average Bonchev–Trinajstić information content (AvgIpc) is 2.72. The van der Waals surface area contributed by atoms with E-state index in [-0.39, 0.29) is 0 Å². The number of anilines is 1. The molecule has 0 aromatic carbocycles. The molecule has 98 valence electrons. The maximum atomic E-state index is 10.5. The van der Waals surface area contributed by atoms with E-state index in [0.717, 1.165) is 18.2 Å². The molecular weight excluding hydrogens is 274 g/mol. The molecule has 1 aromatic rings. The van der Waals surface area contributed by atoms with Gasteiger partial charge in [0.2, 0.25) is 0 Å². The summed E-state index contributed by atoms with van der Waals surface area (Å²) < 4.78 is 0. The third-order valence-electron chi connectivity index (χ3n) is 2.58. The highest BCUT2D eigenvalue weighted by Crippen LogP contribution is 2.30. The van der Waals surface area contributed by atoms with Gasteiger partial charge in [0.1, 0.15) is 0 Å². The molecule has 2 amide bonds. The Balaban J connectivity index is 2.06. The molecule has 3 N–H and O–H groups in total. The van der Waals surface area contributed by atoms with Crippen molar-refractivity contribution in [3.05, 3.63) is 10.0 Å². The predicted octanol–water partition coefficient (Wildman–Crippen LogP) is 1.79. The number of thiazole rings is 1. The lowest BCUT2D eigenvalue weighted by Gasteiger charge is -2.25. The molecule has 1 fully saturated rings. The second-order valence-corrected chi connectivity index (χ2v) is 5.30. The highest BCUT2D eigenvalue weighted by Gasteiger charge is 2.16. The Morgan fingerprint density at radius 2 is 2.22 bits per heavy atom. The Kier molecular flexibility index (Phi) is 4.38. The van der Waals surface area contributed by atoms with Crippen LogP contribution in [0.3, 0.4) is 0 Å². The average molecular weight is 288 g/mol. The molecule has 0 saturated carbocycles. The first-order valence-corrected chi connectivity index (χ1v) is 6.86. The number of amides is 2. The first-order valence-electron chi connectivity index (χ1n) is 5.66. The standard InChI is InChI=1S/C10H14ClN5OS/c11-8-7(6-13-15-9(12)17)18-10(14-8)16-4-2-1-3-5-16/h6H,1-5H2,(H3,12,15,17)/b13-6-. The van der Waals surface area contributed by atoms with Gasteiger partial charge in [0.05, 0.1) is 11.1 Å². The molecule has 0 spiro atoms. The fourth-order valence-corrected chi connectivity index (χ4v) is 2.93. The molecular formula is C10H14ClN5OS. The summed E-state index contributed by atoms with van der Waals surface area (Å²) in [7, 11) is 0. The van der Waals surface area contributed by atoms with E-state index in [1.165, 1.54) is 36.8 Å². The largest absolute Gasteiger partial charge is 0.350 e. The van der Waals surface area contributed by atoms with Crippen molar-refractivity contribution in [3.8, 4) is 0 Å². The Labute approximate surface area is 114 Å². The molecule has 1 aromatic heterocycles. The summed E-state index contributed by atoms with van der Waals surface area (Å²) in [5.41, 5.74) is 7.02. The topological polar surface area (TPSA) is 83.6 Å². The number of nitrogens with two attached hydrogens (primary N) is 1. The van der Waals surface area contributed by atoms with Crippen molar-refractivity contribution in [1.29, 1.82) is 0 Å². The number of hydrogen-bond donors (Lipinski definition) is 2. The summed E-state index contributed by atoms with van der Waals surface area (Å²) in [6.45, 7) is 2.03. The maximum absolute atomic E-state index is 10.5. The lowest BCUT2D eigenvalue weighted by atomic mass is 10.1. The van der Waals surface area contributed by atoms with E-state index in [2.05, 4.69) is 20.4 Å². The normalized spacial score (nSPS) is 16.2. The Morgan fingerprint density at radius 3 is 2.89 bits per heavy atom. The number of hydrogen-bond acceptors (Lipinski definition) is 5. The van der Waals surface area contributed by atoms with Crippen LogP contribution < -0.4 is 16.1 Å². The Bertz CT molecular complexity index is 455. The molecule has 0 radical (unpaired) electrons. The van der Waals surface area contributed by atoms with Crippen LogP contribution in [-0.4, -0.2) is 30.3 Å². The van der Waals surface area contributed by atoms with E-state index in [1.54, 1.807) is 0 Å². The summed E-state index contributed by atoms with van der Waals surface area (Å²) in [6, 6.07) is -0.705. The zero-order valence-corrected chi connectivity index (χ0v) is 11.3. The fourth-order valence-electron chi connectivity index (χ4n) is 1.76. The number of primary amides is 1. The lowest BCUT2D eigenvalue weighted by Crippen LogP contribution is -2.29. The molecule has 0 bridgehead atoms. The van der Waals surface area contributed by atoms with Crippen LogP contribution >= 0.6 is 22.9 Å². The van der Waals surface area contributed by atoms with Crippen LogP contribution in [0.1, 0.15) is 24.1 Å². The highest BCUT2D eigenvalue weighted by molar-refractivity contribution is 7.17. The molecule has 18 heavy (non-hydrogen) atoms. The van der Waals surface area contributed by atoms with Crippen LogP contribution in [0.25, 0.3) is 0 Å². The minimum Gasteiger partial charge on any atom is -0.350 e. The second-order valence-electron chi connectivity index (χ2n) is 3.93. The smallest absolute Gasteiger partial charge is 0.332 e. The van der Waals surface area contributed by atoms with Gasteiger partial charge < -0.3 is 10.6 Å². The number of halogens is 1. The first kappa shape index (κ1) is 13.1. The number of urea groups is 1. The van der Waals surface area contributed by atoms with Crippen molar-refractivity contribution < 1.29 is 4.79 Å². The van der Waals surface area contributed by atoms with Gasteiger partial charge in [0.25, 0.3) is 0 Å². The van der Waals surface area contributed by atoms with Gasteiger partial charge in [0, 0.05) is 13.1 Å². The van der Waals surface area contributed by atoms with Gasteiger partial charge in [-0.05, 0) is 19.3 Å². The second kappa shape index (κ2) is 6.01. The first-order chi connectivity index (χ1) is 8.66. The monoisotopic (exact) mass is 287 g/mol. The number of aromatic nitrogens is 1. The fraction of sp³-hybridized carbons (Fsp3) is 0.500. The van der Waals surface area contributed by atoms with Gasteiger partial charge in [-0.3, -0.25) is 0 Å². The van der Waals surface area contributed by atoms with Crippen LogP contribution in [0, 0.1) is 0 Å². The highest BCUT2D eigenvalue weighted by atomic mass is 35.5. The van der Waals surface area contributed by atoms with Gasteiger partial charge in [-0.1, -0.05) is 22.9 Å². The Morgan fingerprint density at radius 1 is 1.50 bits per heavy atom. The third-order valence-corrected chi connectivity index (χ3v) is 4.03. The van der Waals surface area contributed by atoms with Gasteiger partial charge in [-0.15, -0.1) is 0 Å². The number of carbonyl (C=O) groups excluding carboxylic acids is 1. The molecule has 8 heteroatoms. The summed E-state index contributed by atoms with van der Waals surface area (Å²) in [5.74, 6) is 0. The molecule has 0 unspecified atom stereocenters. The van der Waals surface area contributed by atoms with Crippen LogP contribution in [0.5, 0.6) is 0 Å². The summed E-state index contributed by atoms with van der Waals surface area (Å²) in [4.78, 5) is 17.7. The van der Waals surface area contributed by atoms with E-state index in [4.69, 9.17) is 17.3 Å². The SMILES string of the molecule is NC(=O)N/N=C\c1sc(N2CCCCC2)nc1Cl. The van der Waals surface area contributed by atoms with Gasteiger partial charge in [-0.2, -0.15) is 5.10 Å². The number of hydrazone groups is 1. The van der Waals surface area contributed by atoms with Crippen LogP contribution in [-0.2, 0) is 0 Å². The molecule has 1 aliphatic heterocycles. The molecule has 1 aliphatic rings. The number of carbonyl (C=O) groups is 1. The zero-order valence-electron chi connectivity index (χ0n) is 9.73. The minimum atomic E-state index is -0.705. The van der Waals surface area contributed by atoms with E-state index in [1.807, 2.05) is 0 Å². The van der Waals surface area contributed by atoms with Crippen LogP contribution in [0.2, 0.25) is 5.15 Å².